The molecule has 4 rings (SSSR count). The molecule has 3 aromatic rings. The van der Waals surface area contributed by atoms with Gasteiger partial charge in [-0.2, -0.15) is 0 Å². The smallest absolute Gasteiger partial charge is 0.326 e. The molecule has 0 aliphatic carbocycles. The van der Waals surface area contributed by atoms with Gasteiger partial charge in [0.15, 0.2) is 0 Å². The highest BCUT2D eigenvalue weighted by Crippen LogP contribution is 2.17. The number of benzene rings is 3. The van der Waals surface area contributed by atoms with E-state index < -0.39 is 29.9 Å². The molecule has 0 saturated carbocycles. The molecule has 0 radical (unpaired) electrons. The topological polar surface area (TPSA) is 195 Å². The molecular formula is C39H53N7O8. The van der Waals surface area contributed by atoms with Gasteiger partial charge in [-0.1, -0.05) is 36.4 Å². The SMILES string of the molecule is CN1CCN(CC(=O)O)CCN(CC(=O)O)CCN(CC(=O)NCCCC[C@H](NC(=O)c2ccc(NCc3ccc4ccccc4c3)cc2)C(=O)O)CC1. The molecule has 0 spiro atoms. The summed E-state index contributed by atoms with van der Waals surface area (Å²) < 4.78 is 0. The molecular weight excluding hydrogens is 694 g/mol. The van der Waals surface area contributed by atoms with E-state index in [1.165, 1.54) is 5.39 Å². The number of carboxylic acid groups (broad SMARTS) is 3. The molecule has 1 heterocycles. The number of nitrogens with zero attached hydrogens (tertiary/aromatic N) is 4. The van der Waals surface area contributed by atoms with E-state index in [1.807, 2.05) is 24.1 Å². The largest absolute Gasteiger partial charge is 0.480 e. The Morgan fingerprint density at radius 2 is 1.26 bits per heavy atom. The van der Waals surface area contributed by atoms with Crippen LogP contribution < -0.4 is 16.0 Å². The van der Waals surface area contributed by atoms with Gasteiger partial charge in [-0.05, 0) is 73.0 Å². The van der Waals surface area contributed by atoms with Crippen LogP contribution in [-0.2, 0) is 25.7 Å². The number of hydrogen-bond acceptors (Lipinski definition) is 10. The molecule has 0 unspecified atom stereocenters. The van der Waals surface area contributed by atoms with Gasteiger partial charge in [0.1, 0.15) is 6.04 Å². The van der Waals surface area contributed by atoms with Crippen molar-refractivity contribution in [2.24, 2.45) is 0 Å². The number of carbonyl (C=O) groups is 5. The molecule has 1 saturated heterocycles. The second-order valence-electron chi connectivity index (χ2n) is 13.7. The van der Waals surface area contributed by atoms with Crippen LogP contribution in [0, 0.1) is 0 Å². The fourth-order valence-electron chi connectivity index (χ4n) is 6.25. The second-order valence-corrected chi connectivity index (χ2v) is 13.7. The Bertz CT molecular complexity index is 1710. The molecule has 0 bridgehead atoms. The minimum absolute atomic E-state index is 0.117. The highest BCUT2D eigenvalue weighted by atomic mass is 16.4. The molecule has 1 aliphatic rings. The summed E-state index contributed by atoms with van der Waals surface area (Å²) in [6.45, 7) is 4.78. The van der Waals surface area contributed by atoms with Gasteiger partial charge in [0.05, 0.1) is 19.6 Å². The van der Waals surface area contributed by atoms with Crippen LogP contribution in [0.2, 0.25) is 0 Å². The maximum Gasteiger partial charge on any atom is 0.326 e. The maximum atomic E-state index is 12.9. The normalized spacial score (nSPS) is 16.1. The Balaban J connectivity index is 1.18. The molecule has 2 amide bonds. The number of carbonyl (C=O) groups excluding carboxylic acids is 2. The molecule has 1 fully saturated rings. The molecule has 54 heavy (non-hydrogen) atoms. The summed E-state index contributed by atoms with van der Waals surface area (Å²) in [5.41, 5.74) is 2.31. The number of anilines is 1. The van der Waals surface area contributed by atoms with Crippen molar-refractivity contribution in [3.05, 3.63) is 77.9 Å². The first-order valence-electron chi connectivity index (χ1n) is 18.4. The third-order valence-corrected chi connectivity index (χ3v) is 9.45. The van der Waals surface area contributed by atoms with Crippen molar-refractivity contribution in [3.8, 4) is 0 Å². The Kier molecular flexibility index (Phi) is 16.6. The first-order chi connectivity index (χ1) is 25.9. The van der Waals surface area contributed by atoms with Gasteiger partial charge in [-0.25, -0.2) is 4.79 Å². The molecule has 1 atom stereocenters. The van der Waals surface area contributed by atoms with Crippen LogP contribution in [0.3, 0.4) is 0 Å². The summed E-state index contributed by atoms with van der Waals surface area (Å²) in [7, 11) is 1.94. The van der Waals surface area contributed by atoms with Crippen molar-refractivity contribution in [2.75, 3.05) is 90.9 Å². The highest BCUT2D eigenvalue weighted by molar-refractivity contribution is 5.96. The van der Waals surface area contributed by atoms with Crippen LogP contribution in [0.5, 0.6) is 0 Å². The molecule has 15 heteroatoms. The monoisotopic (exact) mass is 747 g/mol. The van der Waals surface area contributed by atoms with Crippen molar-refractivity contribution in [1.29, 1.82) is 0 Å². The lowest BCUT2D eigenvalue weighted by molar-refractivity contribution is -0.140. The Morgan fingerprint density at radius 1 is 0.685 bits per heavy atom. The molecule has 0 aromatic heterocycles. The van der Waals surface area contributed by atoms with Crippen molar-refractivity contribution >= 4 is 46.2 Å². The van der Waals surface area contributed by atoms with E-state index in [1.54, 1.807) is 34.1 Å². The third kappa shape index (κ3) is 14.7. The summed E-state index contributed by atoms with van der Waals surface area (Å²) in [6, 6.07) is 20.2. The number of rotatable bonds is 17. The Labute approximate surface area is 315 Å². The highest BCUT2D eigenvalue weighted by Gasteiger charge is 2.21. The standard InChI is InChI=1S/C39H53N7O8/c1-43-16-18-44(20-21-46(28-37(50)51)23-22-45(19-17-43)27-36(48)49)26-35(47)40-15-5-4-8-34(39(53)54)42-38(52)31-11-13-33(14-12-31)41-25-29-9-10-30-6-2-3-7-32(30)24-29/h2-3,6-7,9-14,24,34,41H,4-5,8,15-23,25-28H2,1H3,(H,40,47)(H,42,52)(H,48,49)(H,50,51)(H,53,54)/t34-/m0/s1. The van der Waals surface area contributed by atoms with E-state index >= 15 is 0 Å². The fourth-order valence-corrected chi connectivity index (χ4v) is 6.25. The van der Waals surface area contributed by atoms with E-state index in [-0.39, 0.29) is 32.0 Å². The lowest BCUT2D eigenvalue weighted by Gasteiger charge is -2.32. The van der Waals surface area contributed by atoms with Gasteiger partial charge in [-0.15, -0.1) is 0 Å². The van der Waals surface area contributed by atoms with Gasteiger partial charge >= 0.3 is 17.9 Å². The van der Waals surface area contributed by atoms with Gasteiger partial charge < -0.3 is 36.2 Å². The van der Waals surface area contributed by atoms with Gasteiger partial charge in [-0.3, -0.25) is 33.9 Å². The van der Waals surface area contributed by atoms with Gasteiger partial charge in [0, 0.05) is 76.7 Å². The first-order valence-corrected chi connectivity index (χ1v) is 18.4. The van der Waals surface area contributed by atoms with E-state index in [0.29, 0.717) is 83.9 Å². The summed E-state index contributed by atoms with van der Waals surface area (Å²) in [5.74, 6) is -3.71. The maximum absolute atomic E-state index is 12.9. The number of fused-ring (bicyclic) bond motifs is 1. The lowest BCUT2D eigenvalue weighted by atomic mass is 10.1. The van der Waals surface area contributed by atoms with E-state index in [0.717, 1.165) is 16.6 Å². The third-order valence-electron chi connectivity index (χ3n) is 9.45. The summed E-state index contributed by atoms with van der Waals surface area (Å²) in [4.78, 5) is 68.1. The summed E-state index contributed by atoms with van der Waals surface area (Å²) >= 11 is 0. The second kappa shape index (κ2) is 21.6. The molecule has 3 aromatic carbocycles. The molecule has 1 aliphatic heterocycles. The Morgan fingerprint density at radius 3 is 1.85 bits per heavy atom. The van der Waals surface area contributed by atoms with Crippen LogP contribution in [-0.4, -0.2) is 156 Å². The predicted molar refractivity (Wildman–Crippen MR) is 206 cm³/mol. The number of carboxylic acids is 3. The van der Waals surface area contributed by atoms with Crippen LogP contribution in [0.4, 0.5) is 5.69 Å². The minimum atomic E-state index is -1.13. The number of unbranched alkanes of at least 4 members (excludes halogenated alkanes) is 1. The minimum Gasteiger partial charge on any atom is -0.480 e. The predicted octanol–water partition coefficient (Wildman–Crippen LogP) is 1.94. The molecule has 292 valence electrons. The first kappa shape index (κ1) is 41.7. The Hall–Kier alpha value is -5.09. The van der Waals surface area contributed by atoms with Gasteiger partial charge in [0.25, 0.3) is 5.91 Å². The molecule has 15 nitrogen and oxygen atoms in total. The zero-order valence-corrected chi connectivity index (χ0v) is 30.9. The van der Waals surface area contributed by atoms with Crippen LogP contribution in [0.1, 0.15) is 35.2 Å². The average molecular weight is 748 g/mol. The van der Waals surface area contributed by atoms with Crippen LogP contribution in [0.15, 0.2) is 66.7 Å². The average Bonchev–Trinajstić information content (AvgIpc) is 3.14. The fraction of sp³-hybridized carbons (Fsp3) is 0.462. The number of likely N-dealkylation sites (N-methyl/N-ethyl adjacent to an activating group) is 1. The van der Waals surface area contributed by atoms with E-state index in [4.69, 9.17) is 0 Å². The van der Waals surface area contributed by atoms with Crippen molar-refractivity contribution in [1.82, 2.24) is 30.2 Å². The number of nitrogens with one attached hydrogen (secondary N) is 3. The van der Waals surface area contributed by atoms with Crippen LogP contribution >= 0.6 is 0 Å². The number of amides is 2. The van der Waals surface area contributed by atoms with Crippen LogP contribution in [0.25, 0.3) is 10.8 Å². The van der Waals surface area contributed by atoms with Crippen molar-refractivity contribution < 1.29 is 39.3 Å². The van der Waals surface area contributed by atoms with E-state index in [2.05, 4.69) is 51.2 Å². The number of aliphatic carboxylic acids is 3. The van der Waals surface area contributed by atoms with Crippen molar-refractivity contribution in [2.45, 2.75) is 31.8 Å². The lowest BCUT2D eigenvalue weighted by Crippen LogP contribution is -2.48. The summed E-state index contributed by atoms with van der Waals surface area (Å²) in [6.07, 6.45) is 1.18. The van der Waals surface area contributed by atoms with Gasteiger partial charge in [0.2, 0.25) is 5.91 Å². The van der Waals surface area contributed by atoms with Crippen molar-refractivity contribution in [3.63, 3.8) is 0 Å². The van der Waals surface area contributed by atoms with E-state index in [9.17, 15) is 39.3 Å². The molecule has 6 N–H and O–H groups in total. The summed E-state index contributed by atoms with van der Waals surface area (Å²) in [5, 5.41) is 39.6. The zero-order valence-electron chi connectivity index (χ0n) is 30.9. The quantitative estimate of drug-likeness (QED) is 0.110. The zero-order chi connectivity index (χ0) is 38.9. The number of hydrogen-bond donors (Lipinski definition) is 6.